The van der Waals surface area contributed by atoms with Crippen molar-refractivity contribution in [2.75, 3.05) is 19.7 Å². The first-order valence-corrected chi connectivity index (χ1v) is 8.09. The zero-order chi connectivity index (χ0) is 14.8. The average molecular weight is 293 g/mol. The molecule has 0 saturated carbocycles. The van der Waals surface area contributed by atoms with Crippen LogP contribution in [0, 0.1) is 23.7 Å². The second kappa shape index (κ2) is 5.96. The number of rotatable bonds is 2. The lowest BCUT2D eigenvalue weighted by Gasteiger charge is -2.17. The number of aliphatic hydroxyl groups is 1. The fraction of sp³-hybridized carbons (Fsp3) is 0.467. The van der Waals surface area contributed by atoms with Crippen molar-refractivity contribution in [1.82, 2.24) is 4.31 Å². The summed E-state index contributed by atoms with van der Waals surface area (Å²) in [5.74, 6) is 5.94. The Morgan fingerprint density at radius 1 is 1.25 bits per heavy atom. The Morgan fingerprint density at radius 3 is 2.45 bits per heavy atom. The Morgan fingerprint density at radius 2 is 1.85 bits per heavy atom. The van der Waals surface area contributed by atoms with E-state index in [9.17, 15) is 8.42 Å². The van der Waals surface area contributed by atoms with Crippen molar-refractivity contribution < 1.29 is 13.5 Å². The van der Waals surface area contributed by atoms with Gasteiger partial charge in [-0.3, -0.25) is 0 Å². The molecule has 4 nitrogen and oxygen atoms in total. The van der Waals surface area contributed by atoms with Gasteiger partial charge in [-0.25, -0.2) is 8.42 Å². The average Bonchev–Trinajstić information content (AvgIpc) is 2.77. The first-order chi connectivity index (χ1) is 9.46. The monoisotopic (exact) mass is 293 g/mol. The van der Waals surface area contributed by atoms with Crippen LogP contribution in [0.5, 0.6) is 0 Å². The zero-order valence-electron chi connectivity index (χ0n) is 11.7. The fourth-order valence-electron chi connectivity index (χ4n) is 2.34. The molecule has 0 aromatic heterocycles. The van der Waals surface area contributed by atoms with E-state index in [0.717, 1.165) is 0 Å². The molecular formula is C15H19NO3S. The fourth-order valence-corrected chi connectivity index (χ4v) is 4.13. The summed E-state index contributed by atoms with van der Waals surface area (Å²) in [4.78, 5) is 0.224. The predicted molar refractivity (Wildman–Crippen MR) is 77.5 cm³/mol. The van der Waals surface area contributed by atoms with Crippen LogP contribution in [-0.2, 0) is 10.0 Å². The summed E-state index contributed by atoms with van der Waals surface area (Å²) < 4.78 is 26.9. The third-order valence-corrected chi connectivity index (χ3v) is 5.65. The maximum atomic E-state index is 12.7. The summed E-state index contributed by atoms with van der Waals surface area (Å²) in [6, 6.07) is 6.68. The summed E-state index contributed by atoms with van der Waals surface area (Å²) in [5.41, 5.74) is 0.439. The molecule has 1 aliphatic heterocycles. The van der Waals surface area contributed by atoms with Gasteiger partial charge in [-0.15, -0.1) is 0 Å². The van der Waals surface area contributed by atoms with Crippen LogP contribution in [0.1, 0.15) is 19.4 Å². The molecule has 0 spiro atoms. The van der Waals surface area contributed by atoms with Crippen molar-refractivity contribution in [3.63, 3.8) is 0 Å². The highest BCUT2D eigenvalue weighted by atomic mass is 32.2. The molecule has 1 heterocycles. The topological polar surface area (TPSA) is 57.6 Å². The van der Waals surface area contributed by atoms with Gasteiger partial charge in [-0.2, -0.15) is 4.31 Å². The standard InChI is InChI=1S/C15H19NO3S/c1-12-10-16(11-13(12)2)20(18,19)15-8-4-3-6-14(15)7-5-9-17/h3-4,6,8,12-13,17H,9-11H2,1-2H3. The van der Waals surface area contributed by atoms with E-state index in [1.165, 1.54) is 4.31 Å². The first kappa shape index (κ1) is 15.0. The molecule has 0 bridgehead atoms. The smallest absolute Gasteiger partial charge is 0.244 e. The molecule has 2 atom stereocenters. The molecule has 5 heteroatoms. The number of hydrogen-bond acceptors (Lipinski definition) is 3. The van der Waals surface area contributed by atoms with Gasteiger partial charge in [0.05, 0.1) is 4.90 Å². The van der Waals surface area contributed by atoms with E-state index in [4.69, 9.17) is 5.11 Å². The van der Waals surface area contributed by atoms with Gasteiger partial charge in [0.25, 0.3) is 0 Å². The van der Waals surface area contributed by atoms with Gasteiger partial charge in [0.1, 0.15) is 6.61 Å². The van der Waals surface area contributed by atoms with E-state index in [1.807, 2.05) is 0 Å². The van der Waals surface area contributed by atoms with Gasteiger partial charge in [0.15, 0.2) is 0 Å². The van der Waals surface area contributed by atoms with Crippen LogP contribution in [0.3, 0.4) is 0 Å². The zero-order valence-corrected chi connectivity index (χ0v) is 12.5. The number of hydrogen-bond donors (Lipinski definition) is 1. The Hall–Kier alpha value is -1.35. The van der Waals surface area contributed by atoms with Crippen molar-refractivity contribution in [1.29, 1.82) is 0 Å². The Labute approximate surface area is 120 Å². The number of benzene rings is 1. The van der Waals surface area contributed by atoms with Crippen LogP contribution in [0.2, 0.25) is 0 Å². The Balaban J connectivity index is 2.40. The SMILES string of the molecule is CC1CN(S(=O)(=O)c2ccccc2C#CCO)CC1C. The van der Waals surface area contributed by atoms with E-state index >= 15 is 0 Å². The minimum atomic E-state index is -3.52. The van der Waals surface area contributed by atoms with E-state index in [2.05, 4.69) is 25.7 Å². The highest BCUT2D eigenvalue weighted by Gasteiger charge is 2.35. The number of sulfonamides is 1. The molecule has 0 amide bonds. The molecule has 2 rings (SSSR count). The van der Waals surface area contributed by atoms with Crippen LogP contribution in [0.4, 0.5) is 0 Å². The van der Waals surface area contributed by atoms with Crippen LogP contribution >= 0.6 is 0 Å². The van der Waals surface area contributed by atoms with Crippen molar-refractivity contribution in [3.8, 4) is 11.8 Å². The molecule has 2 unspecified atom stereocenters. The minimum Gasteiger partial charge on any atom is -0.384 e. The van der Waals surface area contributed by atoms with E-state index in [0.29, 0.717) is 30.5 Å². The lowest BCUT2D eigenvalue weighted by atomic mass is 10.0. The molecule has 1 aromatic rings. The molecule has 20 heavy (non-hydrogen) atoms. The lowest BCUT2D eigenvalue weighted by Crippen LogP contribution is -2.29. The molecule has 1 saturated heterocycles. The van der Waals surface area contributed by atoms with Crippen molar-refractivity contribution in [2.45, 2.75) is 18.7 Å². The normalized spacial score (nSPS) is 23.4. The third-order valence-electron chi connectivity index (χ3n) is 3.76. The summed E-state index contributed by atoms with van der Waals surface area (Å²) in [6.45, 7) is 4.94. The molecule has 1 aliphatic rings. The van der Waals surface area contributed by atoms with Crippen molar-refractivity contribution >= 4 is 10.0 Å². The molecule has 0 aliphatic carbocycles. The molecular weight excluding hydrogens is 274 g/mol. The van der Waals surface area contributed by atoms with Gasteiger partial charge in [0, 0.05) is 18.7 Å². The number of aliphatic hydroxyl groups excluding tert-OH is 1. The van der Waals surface area contributed by atoms with E-state index < -0.39 is 10.0 Å². The van der Waals surface area contributed by atoms with Crippen LogP contribution in [-0.4, -0.2) is 37.5 Å². The summed E-state index contributed by atoms with van der Waals surface area (Å²) >= 11 is 0. The Kier molecular flexibility index (Phi) is 4.48. The van der Waals surface area contributed by atoms with Crippen molar-refractivity contribution in [2.24, 2.45) is 11.8 Å². The van der Waals surface area contributed by atoms with Gasteiger partial charge in [-0.05, 0) is 24.0 Å². The van der Waals surface area contributed by atoms with Crippen LogP contribution in [0.15, 0.2) is 29.2 Å². The Bertz CT molecular complexity index is 633. The maximum absolute atomic E-state index is 12.7. The van der Waals surface area contributed by atoms with Gasteiger partial charge in [-0.1, -0.05) is 37.8 Å². The lowest BCUT2D eigenvalue weighted by molar-refractivity contribution is 0.350. The first-order valence-electron chi connectivity index (χ1n) is 6.65. The third kappa shape index (κ3) is 2.88. The van der Waals surface area contributed by atoms with E-state index in [-0.39, 0.29) is 11.5 Å². The minimum absolute atomic E-state index is 0.224. The van der Waals surface area contributed by atoms with Gasteiger partial charge in [0.2, 0.25) is 10.0 Å². The van der Waals surface area contributed by atoms with Crippen LogP contribution < -0.4 is 0 Å². The highest BCUT2D eigenvalue weighted by molar-refractivity contribution is 7.89. The van der Waals surface area contributed by atoms with Gasteiger partial charge >= 0.3 is 0 Å². The highest BCUT2D eigenvalue weighted by Crippen LogP contribution is 2.29. The van der Waals surface area contributed by atoms with Gasteiger partial charge < -0.3 is 5.11 Å². The molecule has 108 valence electrons. The summed E-state index contributed by atoms with van der Waals surface area (Å²) in [7, 11) is -3.52. The second-order valence-corrected chi connectivity index (χ2v) is 7.14. The molecule has 1 fully saturated rings. The maximum Gasteiger partial charge on any atom is 0.244 e. The molecule has 1 N–H and O–H groups in total. The second-order valence-electron chi connectivity index (χ2n) is 5.23. The predicted octanol–water partition coefficient (Wildman–Crippen LogP) is 1.31. The van der Waals surface area contributed by atoms with Crippen LogP contribution in [0.25, 0.3) is 0 Å². The largest absolute Gasteiger partial charge is 0.384 e. The quantitative estimate of drug-likeness (QED) is 0.836. The summed E-state index contributed by atoms with van der Waals surface area (Å²) in [6.07, 6.45) is 0. The number of nitrogens with zero attached hydrogens (tertiary/aromatic N) is 1. The summed E-state index contributed by atoms with van der Waals surface area (Å²) in [5, 5.41) is 8.77. The van der Waals surface area contributed by atoms with Crippen molar-refractivity contribution in [3.05, 3.63) is 29.8 Å². The molecule has 1 aromatic carbocycles. The van der Waals surface area contributed by atoms with E-state index in [1.54, 1.807) is 24.3 Å². The molecule has 0 radical (unpaired) electrons.